The van der Waals surface area contributed by atoms with Crippen LogP contribution in [0, 0.1) is 0 Å². The van der Waals surface area contributed by atoms with Gasteiger partial charge in [-0.15, -0.1) is 0 Å². The van der Waals surface area contributed by atoms with Crippen LogP contribution in [0.15, 0.2) is 47.2 Å². The minimum atomic E-state index is -0.0256. The van der Waals surface area contributed by atoms with Crippen LogP contribution >= 0.6 is 15.9 Å². The van der Waals surface area contributed by atoms with Gasteiger partial charge >= 0.3 is 0 Å². The molecule has 0 radical (unpaired) electrons. The van der Waals surface area contributed by atoms with E-state index in [-0.39, 0.29) is 6.04 Å². The van der Waals surface area contributed by atoms with Crippen LogP contribution in [0.4, 0.5) is 0 Å². The van der Waals surface area contributed by atoms with Gasteiger partial charge in [0.1, 0.15) is 0 Å². The molecule has 78 valence electrons. The van der Waals surface area contributed by atoms with Gasteiger partial charge in [-0.2, -0.15) is 5.10 Å². The zero-order valence-electron chi connectivity index (χ0n) is 8.18. The topological polar surface area (TPSA) is 43.8 Å². The molecular weight excluding hydrogens is 254 g/mol. The van der Waals surface area contributed by atoms with Gasteiger partial charge in [0, 0.05) is 22.9 Å². The molecule has 1 aromatic carbocycles. The Morgan fingerprint density at radius 2 is 2.27 bits per heavy atom. The van der Waals surface area contributed by atoms with Gasteiger partial charge in [-0.25, -0.2) is 0 Å². The van der Waals surface area contributed by atoms with Gasteiger partial charge < -0.3 is 5.73 Å². The summed E-state index contributed by atoms with van der Waals surface area (Å²) in [7, 11) is 0. The number of aromatic nitrogens is 2. The second-order valence-corrected chi connectivity index (χ2v) is 4.31. The maximum Gasteiger partial charge on any atom is 0.0602 e. The first-order valence-electron chi connectivity index (χ1n) is 4.74. The van der Waals surface area contributed by atoms with Crippen molar-refractivity contribution in [2.45, 2.75) is 12.6 Å². The van der Waals surface area contributed by atoms with Gasteiger partial charge in [0.15, 0.2) is 0 Å². The van der Waals surface area contributed by atoms with E-state index in [1.807, 2.05) is 41.2 Å². The van der Waals surface area contributed by atoms with E-state index in [4.69, 9.17) is 5.73 Å². The predicted octanol–water partition coefficient (Wildman–Crippen LogP) is 2.35. The molecule has 2 N–H and O–H groups in total. The molecule has 1 atom stereocenters. The molecule has 0 saturated carbocycles. The van der Waals surface area contributed by atoms with E-state index in [0.29, 0.717) is 6.54 Å². The summed E-state index contributed by atoms with van der Waals surface area (Å²) in [6.07, 6.45) is 3.67. The number of halogens is 1. The zero-order valence-corrected chi connectivity index (χ0v) is 9.76. The molecule has 15 heavy (non-hydrogen) atoms. The van der Waals surface area contributed by atoms with Crippen molar-refractivity contribution in [3.05, 3.63) is 52.8 Å². The van der Waals surface area contributed by atoms with Gasteiger partial charge in [-0.1, -0.05) is 28.1 Å². The Kier molecular flexibility index (Phi) is 3.18. The molecule has 0 aliphatic carbocycles. The average Bonchev–Trinajstić information content (AvgIpc) is 2.70. The van der Waals surface area contributed by atoms with Crippen LogP contribution in [0.25, 0.3) is 0 Å². The number of rotatable bonds is 3. The highest BCUT2D eigenvalue weighted by Crippen LogP contribution is 2.17. The van der Waals surface area contributed by atoms with Gasteiger partial charge in [0.2, 0.25) is 0 Å². The summed E-state index contributed by atoms with van der Waals surface area (Å²) in [5, 5.41) is 4.13. The monoisotopic (exact) mass is 265 g/mol. The van der Waals surface area contributed by atoms with Crippen molar-refractivity contribution in [3.63, 3.8) is 0 Å². The van der Waals surface area contributed by atoms with Crippen LogP contribution in [-0.2, 0) is 6.54 Å². The van der Waals surface area contributed by atoms with Crippen LogP contribution in [0.5, 0.6) is 0 Å². The first kappa shape index (κ1) is 10.4. The van der Waals surface area contributed by atoms with E-state index < -0.39 is 0 Å². The SMILES string of the molecule is NC(Cn1cccn1)c1cccc(Br)c1. The number of benzene rings is 1. The van der Waals surface area contributed by atoms with E-state index in [1.165, 1.54) is 0 Å². The van der Waals surface area contributed by atoms with E-state index in [0.717, 1.165) is 10.0 Å². The van der Waals surface area contributed by atoms with E-state index in [2.05, 4.69) is 21.0 Å². The summed E-state index contributed by atoms with van der Waals surface area (Å²) in [6, 6.07) is 9.91. The van der Waals surface area contributed by atoms with Crippen molar-refractivity contribution >= 4 is 15.9 Å². The Hall–Kier alpha value is -1.13. The van der Waals surface area contributed by atoms with Gasteiger partial charge in [-0.05, 0) is 23.8 Å². The first-order chi connectivity index (χ1) is 7.25. The van der Waals surface area contributed by atoms with Gasteiger partial charge in [0.25, 0.3) is 0 Å². The fraction of sp³-hybridized carbons (Fsp3) is 0.182. The van der Waals surface area contributed by atoms with Crippen LogP contribution in [0.1, 0.15) is 11.6 Å². The number of hydrogen-bond acceptors (Lipinski definition) is 2. The molecule has 3 nitrogen and oxygen atoms in total. The standard InChI is InChI=1S/C11H12BrN3/c12-10-4-1-3-9(7-10)11(13)8-15-6-2-5-14-15/h1-7,11H,8,13H2. The molecule has 0 fully saturated rings. The molecule has 0 bridgehead atoms. The van der Waals surface area contributed by atoms with Crippen LogP contribution in [0.2, 0.25) is 0 Å². The quantitative estimate of drug-likeness (QED) is 0.926. The molecule has 0 aliphatic heterocycles. The molecule has 1 unspecified atom stereocenters. The Morgan fingerprint density at radius 3 is 2.93 bits per heavy atom. The summed E-state index contributed by atoms with van der Waals surface area (Å²) < 4.78 is 2.89. The maximum absolute atomic E-state index is 6.07. The van der Waals surface area contributed by atoms with Crippen molar-refractivity contribution in [1.82, 2.24) is 9.78 Å². The molecular formula is C11H12BrN3. The van der Waals surface area contributed by atoms with E-state index in [9.17, 15) is 0 Å². The lowest BCUT2D eigenvalue weighted by Gasteiger charge is -2.12. The smallest absolute Gasteiger partial charge is 0.0602 e. The molecule has 0 saturated heterocycles. The van der Waals surface area contributed by atoms with Crippen LogP contribution in [-0.4, -0.2) is 9.78 Å². The second-order valence-electron chi connectivity index (χ2n) is 3.39. The molecule has 1 aromatic heterocycles. The molecule has 2 rings (SSSR count). The molecule has 0 amide bonds. The molecule has 2 aromatic rings. The highest BCUT2D eigenvalue weighted by molar-refractivity contribution is 9.10. The van der Waals surface area contributed by atoms with Crippen molar-refractivity contribution in [2.75, 3.05) is 0 Å². The Balaban J connectivity index is 2.11. The Labute approximate surface area is 97.0 Å². The Bertz CT molecular complexity index is 425. The second kappa shape index (κ2) is 4.59. The molecule has 4 heteroatoms. The largest absolute Gasteiger partial charge is 0.322 e. The molecule has 1 heterocycles. The third kappa shape index (κ3) is 2.67. The lowest BCUT2D eigenvalue weighted by molar-refractivity contribution is 0.527. The van der Waals surface area contributed by atoms with Crippen molar-refractivity contribution < 1.29 is 0 Å². The average molecular weight is 266 g/mol. The van der Waals surface area contributed by atoms with Gasteiger partial charge in [-0.3, -0.25) is 4.68 Å². The Morgan fingerprint density at radius 1 is 1.40 bits per heavy atom. The summed E-state index contributed by atoms with van der Waals surface area (Å²) in [5.74, 6) is 0. The fourth-order valence-electron chi connectivity index (χ4n) is 1.45. The first-order valence-corrected chi connectivity index (χ1v) is 5.53. The van der Waals surface area contributed by atoms with E-state index >= 15 is 0 Å². The lowest BCUT2D eigenvalue weighted by Crippen LogP contribution is -2.17. The maximum atomic E-state index is 6.07. The number of nitrogens with two attached hydrogens (primary N) is 1. The van der Waals surface area contributed by atoms with E-state index in [1.54, 1.807) is 6.20 Å². The minimum Gasteiger partial charge on any atom is -0.322 e. The van der Waals surface area contributed by atoms with Crippen LogP contribution < -0.4 is 5.73 Å². The summed E-state index contributed by atoms with van der Waals surface area (Å²) >= 11 is 3.43. The fourth-order valence-corrected chi connectivity index (χ4v) is 1.87. The van der Waals surface area contributed by atoms with Crippen molar-refractivity contribution in [1.29, 1.82) is 0 Å². The van der Waals surface area contributed by atoms with Gasteiger partial charge in [0.05, 0.1) is 6.54 Å². The third-order valence-electron chi connectivity index (χ3n) is 2.22. The predicted molar refractivity (Wildman–Crippen MR) is 63.3 cm³/mol. The zero-order chi connectivity index (χ0) is 10.7. The highest BCUT2D eigenvalue weighted by atomic mass is 79.9. The highest BCUT2D eigenvalue weighted by Gasteiger charge is 2.06. The van der Waals surface area contributed by atoms with Crippen molar-refractivity contribution in [3.8, 4) is 0 Å². The molecule has 0 spiro atoms. The number of nitrogens with zero attached hydrogens (tertiary/aromatic N) is 2. The summed E-state index contributed by atoms with van der Waals surface area (Å²) in [4.78, 5) is 0. The minimum absolute atomic E-state index is 0.0256. The van der Waals surface area contributed by atoms with Crippen LogP contribution in [0.3, 0.4) is 0 Å². The molecule has 0 aliphatic rings. The lowest BCUT2D eigenvalue weighted by atomic mass is 10.1. The summed E-state index contributed by atoms with van der Waals surface area (Å²) in [6.45, 7) is 0.698. The van der Waals surface area contributed by atoms with Crippen molar-refractivity contribution in [2.24, 2.45) is 5.73 Å². The third-order valence-corrected chi connectivity index (χ3v) is 2.71. The normalized spacial score (nSPS) is 12.7. The summed E-state index contributed by atoms with van der Waals surface area (Å²) in [5.41, 5.74) is 7.18. The number of hydrogen-bond donors (Lipinski definition) is 1.